The molecule has 2 aliphatic carbocycles. The minimum Gasteiger partial charge on any atom is -0.355 e. The molecule has 2 saturated carbocycles. The number of amides is 1. The maximum atomic E-state index is 12.3. The van der Waals surface area contributed by atoms with Gasteiger partial charge < -0.3 is 11.1 Å². The summed E-state index contributed by atoms with van der Waals surface area (Å²) in [6, 6.07) is 4.61. The Balaban J connectivity index is 0.00000192. The molecule has 0 saturated heterocycles. The van der Waals surface area contributed by atoms with E-state index in [0.717, 1.165) is 19.4 Å². The first-order valence-electron chi connectivity index (χ1n) is 8.76. The second-order valence-electron chi connectivity index (χ2n) is 7.15. The molecule has 3 N–H and O–H groups in total. The zero-order chi connectivity index (χ0) is 15.4. The molecule has 0 unspecified atom stereocenters. The van der Waals surface area contributed by atoms with Gasteiger partial charge in [-0.05, 0) is 43.0 Å². The zero-order valence-corrected chi connectivity index (χ0v) is 15.4. The maximum absolute atomic E-state index is 12.3. The monoisotopic (exact) mass is 356 g/mol. The van der Waals surface area contributed by atoms with Crippen molar-refractivity contribution in [3.05, 3.63) is 22.4 Å². The first-order chi connectivity index (χ1) is 10.7. The van der Waals surface area contributed by atoms with Crippen molar-refractivity contribution in [3.63, 3.8) is 0 Å². The molecule has 0 aromatic carbocycles. The van der Waals surface area contributed by atoms with Crippen LogP contribution in [0.25, 0.3) is 0 Å². The molecule has 1 aromatic heterocycles. The summed E-state index contributed by atoms with van der Waals surface area (Å²) in [5.74, 6) is 0.591. The van der Waals surface area contributed by atoms with Crippen LogP contribution in [0.1, 0.15) is 62.7 Å². The minimum absolute atomic E-state index is 0. The molecule has 2 atom stereocenters. The third-order valence-corrected chi connectivity index (χ3v) is 6.76. The molecule has 23 heavy (non-hydrogen) atoms. The molecule has 0 aliphatic heterocycles. The highest BCUT2D eigenvalue weighted by molar-refractivity contribution is 7.10. The molecule has 0 spiro atoms. The summed E-state index contributed by atoms with van der Waals surface area (Å²) >= 11 is 1.84. The van der Waals surface area contributed by atoms with Gasteiger partial charge in [-0.1, -0.05) is 31.7 Å². The van der Waals surface area contributed by atoms with Gasteiger partial charge in [-0.2, -0.15) is 0 Å². The number of halogens is 1. The Kier molecular flexibility index (Phi) is 6.93. The summed E-state index contributed by atoms with van der Waals surface area (Å²) in [4.78, 5) is 13.8. The average Bonchev–Trinajstić information content (AvgIpc) is 3.19. The average molecular weight is 357 g/mol. The fourth-order valence-electron chi connectivity index (χ4n) is 4.22. The van der Waals surface area contributed by atoms with E-state index < -0.39 is 0 Å². The Morgan fingerprint density at radius 2 is 2.04 bits per heavy atom. The molecule has 0 bridgehead atoms. The van der Waals surface area contributed by atoms with Gasteiger partial charge in [0.05, 0.1) is 0 Å². The van der Waals surface area contributed by atoms with Crippen LogP contribution >= 0.6 is 23.7 Å². The molecule has 3 rings (SSSR count). The second kappa shape index (κ2) is 8.50. The van der Waals surface area contributed by atoms with Crippen molar-refractivity contribution in [2.45, 2.75) is 69.2 Å². The van der Waals surface area contributed by atoms with Crippen molar-refractivity contribution >= 4 is 29.7 Å². The van der Waals surface area contributed by atoms with E-state index in [1.165, 1.54) is 43.4 Å². The van der Waals surface area contributed by atoms with E-state index in [2.05, 4.69) is 22.8 Å². The zero-order valence-electron chi connectivity index (χ0n) is 13.8. The molecule has 1 aromatic rings. The molecule has 0 radical (unpaired) electrons. The molecular formula is C18H29ClN2OS. The minimum atomic E-state index is 0. The SMILES string of the molecule is Cl.N[C@@H]1CCC[C@H]1CC(=O)NCC1(c2cccs2)CCCCC1. The van der Waals surface area contributed by atoms with Crippen LogP contribution in [-0.2, 0) is 10.2 Å². The third-order valence-electron chi connectivity index (χ3n) is 5.64. The summed E-state index contributed by atoms with van der Waals surface area (Å²) < 4.78 is 0. The molecule has 3 nitrogen and oxygen atoms in total. The summed E-state index contributed by atoms with van der Waals surface area (Å²) in [6.45, 7) is 0.800. The van der Waals surface area contributed by atoms with Crippen molar-refractivity contribution in [1.29, 1.82) is 0 Å². The van der Waals surface area contributed by atoms with Crippen molar-refractivity contribution in [2.75, 3.05) is 6.54 Å². The van der Waals surface area contributed by atoms with E-state index in [9.17, 15) is 4.79 Å². The third kappa shape index (κ3) is 4.49. The molecule has 130 valence electrons. The normalized spacial score (nSPS) is 26.5. The highest BCUT2D eigenvalue weighted by atomic mass is 35.5. The van der Waals surface area contributed by atoms with Gasteiger partial charge in [0.25, 0.3) is 0 Å². The predicted molar refractivity (Wildman–Crippen MR) is 99.3 cm³/mol. The van der Waals surface area contributed by atoms with Crippen LogP contribution in [0.2, 0.25) is 0 Å². The van der Waals surface area contributed by atoms with Gasteiger partial charge in [0, 0.05) is 29.3 Å². The molecule has 5 heteroatoms. The lowest BCUT2D eigenvalue weighted by atomic mass is 9.73. The number of carbonyl (C=O) groups is 1. The highest BCUT2D eigenvalue weighted by Crippen LogP contribution is 2.41. The lowest BCUT2D eigenvalue weighted by Crippen LogP contribution is -2.42. The Labute approximate surface area is 149 Å². The summed E-state index contributed by atoms with van der Waals surface area (Å²) in [5, 5.41) is 5.40. The van der Waals surface area contributed by atoms with Crippen molar-refractivity contribution in [3.8, 4) is 0 Å². The molecule has 1 heterocycles. The highest BCUT2D eigenvalue weighted by Gasteiger charge is 2.35. The fraction of sp³-hybridized carbons (Fsp3) is 0.722. The number of rotatable bonds is 5. The number of hydrogen-bond acceptors (Lipinski definition) is 3. The Bertz CT molecular complexity index is 485. The van der Waals surface area contributed by atoms with Gasteiger partial charge in [0.2, 0.25) is 5.91 Å². The smallest absolute Gasteiger partial charge is 0.220 e. The molecule has 2 aliphatic rings. The van der Waals surface area contributed by atoms with Gasteiger partial charge in [-0.15, -0.1) is 23.7 Å². The number of nitrogens with one attached hydrogen (secondary N) is 1. The Hall–Kier alpha value is -0.580. The lowest BCUT2D eigenvalue weighted by Gasteiger charge is -2.37. The second-order valence-corrected chi connectivity index (χ2v) is 8.10. The van der Waals surface area contributed by atoms with E-state index in [4.69, 9.17) is 5.73 Å². The lowest BCUT2D eigenvalue weighted by molar-refractivity contribution is -0.122. The summed E-state index contributed by atoms with van der Waals surface area (Å²) in [6.07, 6.45) is 10.3. The van der Waals surface area contributed by atoms with Crippen molar-refractivity contribution in [1.82, 2.24) is 5.32 Å². The van der Waals surface area contributed by atoms with Crippen LogP contribution in [0.3, 0.4) is 0 Å². The van der Waals surface area contributed by atoms with Gasteiger partial charge in [-0.3, -0.25) is 4.79 Å². The number of hydrogen-bond donors (Lipinski definition) is 2. The standard InChI is InChI=1S/C18H28N2OS.ClH/c19-15-7-4-6-14(15)12-17(21)20-13-18(9-2-1-3-10-18)16-8-5-11-22-16;/h5,8,11,14-15H,1-4,6-7,9-10,12-13,19H2,(H,20,21);1H/t14-,15+;/m0./s1. The first kappa shape index (κ1) is 18.8. The Morgan fingerprint density at radius 3 is 2.65 bits per heavy atom. The fourth-order valence-corrected chi connectivity index (χ4v) is 5.20. The number of thiophene rings is 1. The topological polar surface area (TPSA) is 55.1 Å². The number of carbonyl (C=O) groups excluding carboxylic acids is 1. The van der Waals surface area contributed by atoms with Gasteiger partial charge in [0.1, 0.15) is 0 Å². The van der Waals surface area contributed by atoms with Crippen molar-refractivity contribution < 1.29 is 4.79 Å². The summed E-state index contributed by atoms with van der Waals surface area (Å²) in [7, 11) is 0. The maximum Gasteiger partial charge on any atom is 0.220 e. The van der Waals surface area contributed by atoms with E-state index in [0.29, 0.717) is 12.3 Å². The number of nitrogens with two attached hydrogens (primary N) is 1. The van der Waals surface area contributed by atoms with Crippen LogP contribution in [0, 0.1) is 5.92 Å². The summed E-state index contributed by atoms with van der Waals surface area (Å²) in [5.41, 5.74) is 6.27. The van der Waals surface area contributed by atoms with Crippen LogP contribution in [0.15, 0.2) is 17.5 Å². The molecular weight excluding hydrogens is 328 g/mol. The molecule has 1 amide bonds. The quantitative estimate of drug-likeness (QED) is 0.837. The van der Waals surface area contributed by atoms with Gasteiger partial charge in [-0.25, -0.2) is 0 Å². The van der Waals surface area contributed by atoms with Gasteiger partial charge in [0.15, 0.2) is 0 Å². The van der Waals surface area contributed by atoms with Crippen molar-refractivity contribution in [2.24, 2.45) is 11.7 Å². The van der Waals surface area contributed by atoms with Gasteiger partial charge >= 0.3 is 0 Å². The van der Waals surface area contributed by atoms with E-state index in [-0.39, 0.29) is 29.8 Å². The van der Waals surface area contributed by atoms with E-state index >= 15 is 0 Å². The van der Waals surface area contributed by atoms with Crippen LogP contribution in [-0.4, -0.2) is 18.5 Å². The van der Waals surface area contributed by atoms with E-state index in [1.807, 2.05) is 11.3 Å². The van der Waals surface area contributed by atoms with E-state index in [1.54, 1.807) is 0 Å². The first-order valence-corrected chi connectivity index (χ1v) is 9.64. The largest absolute Gasteiger partial charge is 0.355 e. The van der Waals surface area contributed by atoms with Crippen LogP contribution in [0.4, 0.5) is 0 Å². The predicted octanol–water partition coefficient (Wildman–Crippen LogP) is 4.01. The van der Waals surface area contributed by atoms with Crippen LogP contribution < -0.4 is 11.1 Å². The molecule has 2 fully saturated rings. The van der Waals surface area contributed by atoms with Crippen LogP contribution in [0.5, 0.6) is 0 Å². The Morgan fingerprint density at radius 1 is 1.26 bits per heavy atom.